The van der Waals surface area contributed by atoms with E-state index in [1.54, 1.807) is 19.5 Å². The van der Waals surface area contributed by atoms with E-state index in [1.807, 2.05) is 47.2 Å². The number of rotatable bonds is 4. The fourth-order valence-electron chi connectivity index (χ4n) is 3.24. The van der Waals surface area contributed by atoms with Gasteiger partial charge < -0.3 is 10.5 Å². The highest BCUT2D eigenvalue weighted by atomic mass is 16.5. The van der Waals surface area contributed by atoms with Gasteiger partial charge in [-0.25, -0.2) is 0 Å². The van der Waals surface area contributed by atoms with Crippen LogP contribution in [0.3, 0.4) is 0 Å². The Morgan fingerprint density at radius 1 is 1.36 bits per heavy atom. The van der Waals surface area contributed by atoms with Gasteiger partial charge in [-0.05, 0) is 45.4 Å². The van der Waals surface area contributed by atoms with E-state index in [0.717, 1.165) is 45.1 Å². The molecule has 3 aromatic heterocycles. The van der Waals surface area contributed by atoms with Gasteiger partial charge in [0.1, 0.15) is 11.3 Å². The molecular weight excluding hydrogens is 314 g/mol. The summed E-state index contributed by atoms with van der Waals surface area (Å²) in [5.74, 6) is 1.47. The smallest absolute Gasteiger partial charge is 0.295 e. The minimum atomic E-state index is 0.658. The second kappa shape index (κ2) is 5.81. The van der Waals surface area contributed by atoms with Gasteiger partial charge in [0.15, 0.2) is 5.69 Å². The number of nitrogen functional groups attached to an aromatic ring is 1. The molecule has 0 aliphatic carbocycles. The van der Waals surface area contributed by atoms with Crippen molar-refractivity contribution in [2.24, 2.45) is 0 Å². The summed E-state index contributed by atoms with van der Waals surface area (Å²) in [5, 5.41) is 4.57. The molecule has 2 N–H and O–H groups in total. The van der Waals surface area contributed by atoms with Gasteiger partial charge >= 0.3 is 0 Å². The Labute approximate surface area is 147 Å². The van der Waals surface area contributed by atoms with Gasteiger partial charge in [0.2, 0.25) is 0 Å². The van der Waals surface area contributed by atoms with Crippen molar-refractivity contribution in [2.45, 2.75) is 27.7 Å². The average Bonchev–Trinajstić information content (AvgIpc) is 3.13. The predicted molar refractivity (Wildman–Crippen MR) is 102 cm³/mol. The van der Waals surface area contributed by atoms with Crippen LogP contribution in [0, 0.1) is 6.92 Å². The van der Waals surface area contributed by atoms with Crippen molar-refractivity contribution in [3.8, 4) is 0 Å². The molecule has 0 bridgehead atoms. The Hall–Kier alpha value is -3.02. The van der Waals surface area contributed by atoms with Crippen molar-refractivity contribution in [3.63, 3.8) is 0 Å². The number of allylic oxidation sites excluding steroid dienone is 3. The van der Waals surface area contributed by atoms with Crippen molar-refractivity contribution in [3.05, 3.63) is 48.3 Å². The third kappa shape index (κ3) is 2.25. The first-order valence-electron chi connectivity index (χ1n) is 8.06. The predicted octanol–water partition coefficient (Wildman–Crippen LogP) is 3.30. The van der Waals surface area contributed by atoms with E-state index >= 15 is 0 Å². The number of nitrogens with two attached hydrogens (primary N) is 1. The summed E-state index contributed by atoms with van der Waals surface area (Å²) in [7, 11) is 1.66. The molecule has 0 saturated carbocycles. The normalized spacial score (nSPS) is 12.5. The zero-order chi connectivity index (χ0) is 18.5. The molecule has 0 unspecified atom stereocenters. The lowest BCUT2D eigenvalue weighted by Crippen LogP contribution is -2.30. The molecule has 6 heteroatoms. The number of aromatic nitrogens is 4. The first-order valence-corrected chi connectivity index (χ1v) is 8.06. The van der Waals surface area contributed by atoms with Gasteiger partial charge in [-0.1, -0.05) is 17.7 Å². The Balaban J connectivity index is 2.69. The fourth-order valence-corrected chi connectivity index (χ4v) is 3.24. The minimum Gasteiger partial charge on any atom is -0.501 e. The topological polar surface area (TPSA) is 60.8 Å². The highest BCUT2D eigenvalue weighted by Crippen LogP contribution is 2.31. The second-order valence-electron chi connectivity index (χ2n) is 6.23. The monoisotopic (exact) mass is 338 g/mol. The van der Waals surface area contributed by atoms with E-state index in [1.165, 1.54) is 0 Å². The van der Waals surface area contributed by atoms with Crippen LogP contribution in [0.2, 0.25) is 0 Å². The number of anilines is 1. The standard InChI is InChI=1S/C19H23N5O/c1-8-15-18(13(5)14(6)25-7)23-16(20)9-12(4)17(23)19-22(11(2)3)10-21-24(15)19/h8-10,20H,1-2H2,3-7H3/p+1/b14-13+. The van der Waals surface area contributed by atoms with Crippen molar-refractivity contribution in [2.75, 3.05) is 12.8 Å². The van der Waals surface area contributed by atoms with Gasteiger partial charge in [0, 0.05) is 10.7 Å². The number of hydrogen-bond donors (Lipinski definition) is 1. The lowest BCUT2D eigenvalue weighted by Gasteiger charge is -2.14. The molecule has 0 aromatic carbocycles. The van der Waals surface area contributed by atoms with Crippen LogP contribution in [0.1, 0.15) is 37.7 Å². The summed E-state index contributed by atoms with van der Waals surface area (Å²) >= 11 is 0. The van der Waals surface area contributed by atoms with Gasteiger partial charge in [-0.2, -0.15) is 4.57 Å². The maximum absolute atomic E-state index is 6.37. The molecule has 3 rings (SSSR count). The first kappa shape index (κ1) is 16.8. The number of ether oxygens (including phenoxy) is 1. The SMILES string of the molecule is C=Cc1c(/C(C)=C(\C)OC)n2c(N)cc(C)c2c2n1nc[n+]2C(=C)C. The third-order valence-corrected chi connectivity index (χ3v) is 4.63. The number of methoxy groups -OCH3 is 1. The summed E-state index contributed by atoms with van der Waals surface area (Å²) in [6.45, 7) is 16.0. The minimum absolute atomic E-state index is 0.658. The number of hydrogen-bond acceptors (Lipinski definition) is 3. The Kier molecular flexibility index (Phi) is 3.91. The van der Waals surface area contributed by atoms with Crippen LogP contribution in [0.4, 0.5) is 5.82 Å². The Morgan fingerprint density at radius 2 is 2.04 bits per heavy atom. The zero-order valence-corrected chi connectivity index (χ0v) is 15.4. The highest BCUT2D eigenvalue weighted by molar-refractivity contribution is 5.84. The molecule has 6 nitrogen and oxygen atoms in total. The van der Waals surface area contributed by atoms with Gasteiger partial charge in [-0.15, -0.1) is 0 Å². The molecular formula is C19H24N5O+. The summed E-state index contributed by atoms with van der Waals surface area (Å²) < 4.78 is 11.3. The lowest BCUT2D eigenvalue weighted by atomic mass is 10.1. The van der Waals surface area contributed by atoms with Gasteiger partial charge in [0.25, 0.3) is 12.0 Å². The van der Waals surface area contributed by atoms with E-state index in [-0.39, 0.29) is 0 Å². The van der Waals surface area contributed by atoms with Crippen LogP contribution in [-0.4, -0.2) is 21.1 Å². The largest absolute Gasteiger partial charge is 0.501 e. The second-order valence-corrected chi connectivity index (χ2v) is 6.23. The first-order chi connectivity index (χ1) is 11.8. The lowest BCUT2D eigenvalue weighted by molar-refractivity contribution is -0.552. The van der Waals surface area contributed by atoms with E-state index < -0.39 is 0 Å². The van der Waals surface area contributed by atoms with E-state index in [9.17, 15) is 0 Å². The van der Waals surface area contributed by atoms with Crippen molar-refractivity contribution >= 4 is 34.3 Å². The summed E-state index contributed by atoms with van der Waals surface area (Å²) in [6, 6.07) is 1.97. The highest BCUT2D eigenvalue weighted by Gasteiger charge is 2.27. The Bertz CT molecular complexity index is 1070. The van der Waals surface area contributed by atoms with Gasteiger partial charge in [0.05, 0.1) is 24.3 Å². The fraction of sp³-hybridized carbons (Fsp3) is 0.263. The maximum Gasteiger partial charge on any atom is 0.295 e. The van der Waals surface area contributed by atoms with Crippen LogP contribution in [0.25, 0.3) is 28.5 Å². The molecule has 25 heavy (non-hydrogen) atoms. The molecule has 130 valence electrons. The molecule has 0 radical (unpaired) electrons. The molecule has 0 atom stereocenters. The number of aryl methyl sites for hydroxylation is 1. The quantitative estimate of drug-likeness (QED) is 0.586. The molecule has 3 heterocycles. The average molecular weight is 338 g/mol. The van der Waals surface area contributed by atoms with Crippen LogP contribution in [0.15, 0.2) is 31.3 Å². The number of fused-ring (bicyclic) bond motifs is 3. The molecule has 0 aliphatic heterocycles. The molecule has 0 saturated heterocycles. The Morgan fingerprint density at radius 3 is 2.60 bits per heavy atom. The van der Waals surface area contributed by atoms with Gasteiger partial charge in [-0.3, -0.25) is 4.40 Å². The summed E-state index contributed by atoms with van der Waals surface area (Å²) in [6.07, 6.45) is 3.55. The van der Waals surface area contributed by atoms with Crippen molar-refractivity contribution in [1.29, 1.82) is 0 Å². The van der Waals surface area contributed by atoms with E-state index in [2.05, 4.69) is 18.3 Å². The molecule has 0 amide bonds. The van der Waals surface area contributed by atoms with Crippen molar-refractivity contribution in [1.82, 2.24) is 14.0 Å². The summed E-state index contributed by atoms with van der Waals surface area (Å²) in [5.41, 5.74) is 12.9. The molecule has 3 aromatic rings. The number of nitrogens with zero attached hydrogens (tertiary/aromatic N) is 4. The van der Waals surface area contributed by atoms with Crippen LogP contribution < -0.4 is 10.3 Å². The zero-order valence-electron chi connectivity index (χ0n) is 15.4. The molecule has 0 spiro atoms. The van der Waals surface area contributed by atoms with Crippen LogP contribution >= 0.6 is 0 Å². The summed E-state index contributed by atoms with van der Waals surface area (Å²) in [4.78, 5) is 0. The van der Waals surface area contributed by atoms with Crippen LogP contribution in [-0.2, 0) is 4.74 Å². The van der Waals surface area contributed by atoms with Crippen molar-refractivity contribution < 1.29 is 9.30 Å². The third-order valence-electron chi connectivity index (χ3n) is 4.63. The maximum atomic E-state index is 6.37. The van der Waals surface area contributed by atoms with Crippen LogP contribution in [0.5, 0.6) is 0 Å². The van der Waals surface area contributed by atoms with E-state index in [0.29, 0.717) is 5.82 Å². The molecule has 0 fully saturated rings. The molecule has 0 aliphatic rings. The van der Waals surface area contributed by atoms with E-state index in [4.69, 9.17) is 10.5 Å².